The van der Waals surface area contributed by atoms with Crippen molar-refractivity contribution in [3.63, 3.8) is 0 Å². The maximum atomic E-state index is 12.7. The van der Waals surface area contributed by atoms with Crippen LogP contribution in [0.1, 0.15) is 58.3 Å². The first kappa shape index (κ1) is 20.4. The van der Waals surface area contributed by atoms with Crippen LogP contribution in [0.3, 0.4) is 0 Å². The van der Waals surface area contributed by atoms with E-state index in [-0.39, 0.29) is 24.0 Å². The van der Waals surface area contributed by atoms with Crippen LogP contribution < -0.4 is 5.32 Å². The lowest BCUT2D eigenvalue weighted by Crippen LogP contribution is -2.35. The van der Waals surface area contributed by atoms with Gasteiger partial charge in [-0.3, -0.25) is 14.6 Å². The molecule has 1 saturated heterocycles. The van der Waals surface area contributed by atoms with Gasteiger partial charge in [-0.15, -0.1) is 11.3 Å². The first-order valence-corrected chi connectivity index (χ1v) is 10.3. The average Bonchev–Trinajstić information content (AvgIpc) is 3.32. The summed E-state index contributed by atoms with van der Waals surface area (Å²) >= 11 is 1.37. The van der Waals surface area contributed by atoms with E-state index in [2.05, 4.69) is 15.3 Å². The zero-order valence-electron chi connectivity index (χ0n) is 16.7. The number of ether oxygens (including phenoxy) is 1. The monoisotopic (exact) mass is 402 g/mol. The Labute approximate surface area is 169 Å². The van der Waals surface area contributed by atoms with E-state index >= 15 is 0 Å². The van der Waals surface area contributed by atoms with E-state index < -0.39 is 0 Å². The van der Waals surface area contributed by atoms with Gasteiger partial charge in [-0.25, -0.2) is 4.98 Å². The van der Waals surface area contributed by atoms with E-state index in [0.29, 0.717) is 23.9 Å². The summed E-state index contributed by atoms with van der Waals surface area (Å²) in [5.41, 5.74) is 3.28. The summed E-state index contributed by atoms with van der Waals surface area (Å²) in [6, 6.07) is 3.71. The summed E-state index contributed by atoms with van der Waals surface area (Å²) in [7, 11) is 1.74. The maximum Gasteiger partial charge on any atom is 0.273 e. The number of carbonyl (C=O) groups excluding carboxylic acids is 2. The SMILES string of the molecule is Cc1cc(C)nc(CN(C)C(=O)c2csc([C@@H](C)NC(=O)[C@@H]3CCCO3)n2)c1. The molecule has 1 aliphatic heterocycles. The Morgan fingerprint density at radius 2 is 2.14 bits per heavy atom. The van der Waals surface area contributed by atoms with E-state index in [1.807, 2.05) is 32.9 Å². The molecule has 3 heterocycles. The van der Waals surface area contributed by atoms with Crippen LogP contribution in [0, 0.1) is 13.8 Å². The van der Waals surface area contributed by atoms with E-state index in [1.54, 1.807) is 17.3 Å². The van der Waals surface area contributed by atoms with Crippen LogP contribution in [0.4, 0.5) is 0 Å². The zero-order chi connectivity index (χ0) is 20.3. The molecule has 0 saturated carbocycles. The highest BCUT2D eigenvalue weighted by Gasteiger charge is 2.26. The molecule has 2 amide bonds. The van der Waals surface area contributed by atoms with Gasteiger partial charge in [-0.2, -0.15) is 0 Å². The van der Waals surface area contributed by atoms with Gasteiger partial charge in [-0.05, 0) is 51.3 Å². The summed E-state index contributed by atoms with van der Waals surface area (Å²) in [6.45, 7) is 6.86. The van der Waals surface area contributed by atoms with Crippen molar-refractivity contribution < 1.29 is 14.3 Å². The van der Waals surface area contributed by atoms with Crippen LogP contribution in [0.5, 0.6) is 0 Å². The van der Waals surface area contributed by atoms with Gasteiger partial charge in [0.05, 0.1) is 18.3 Å². The van der Waals surface area contributed by atoms with Gasteiger partial charge in [0.2, 0.25) is 5.91 Å². The number of nitrogens with zero attached hydrogens (tertiary/aromatic N) is 3. The predicted molar refractivity (Wildman–Crippen MR) is 107 cm³/mol. The van der Waals surface area contributed by atoms with Gasteiger partial charge in [0.1, 0.15) is 16.8 Å². The molecule has 2 aromatic rings. The minimum Gasteiger partial charge on any atom is -0.368 e. The number of nitrogens with one attached hydrogen (secondary N) is 1. The molecule has 7 nitrogen and oxygen atoms in total. The van der Waals surface area contributed by atoms with Gasteiger partial charge in [-0.1, -0.05) is 0 Å². The van der Waals surface area contributed by atoms with E-state index in [4.69, 9.17) is 4.74 Å². The molecule has 0 unspecified atom stereocenters. The van der Waals surface area contributed by atoms with Crippen molar-refractivity contribution in [1.29, 1.82) is 0 Å². The molecule has 1 aliphatic rings. The van der Waals surface area contributed by atoms with Crippen LogP contribution in [0.2, 0.25) is 0 Å². The second kappa shape index (κ2) is 8.79. The first-order chi connectivity index (χ1) is 13.3. The van der Waals surface area contributed by atoms with Crippen LogP contribution in [0.15, 0.2) is 17.5 Å². The van der Waals surface area contributed by atoms with Crippen molar-refractivity contribution in [3.8, 4) is 0 Å². The predicted octanol–water partition coefficient (Wildman–Crippen LogP) is 2.78. The van der Waals surface area contributed by atoms with E-state index in [9.17, 15) is 9.59 Å². The Bertz CT molecular complexity index is 841. The highest BCUT2D eigenvalue weighted by atomic mass is 32.1. The third-order valence-corrected chi connectivity index (χ3v) is 5.62. The van der Waals surface area contributed by atoms with Crippen LogP contribution in [0.25, 0.3) is 0 Å². The quantitative estimate of drug-likeness (QED) is 0.803. The number of pyridine rings is 1. The Kier molecular flexibility index (Phi) is 6.41. The Hall–Kier alpha value is -2.32. The summed E-state index contributed by atoms with van der Waals surface area (Å²) in [6.07, 6.45) is 1.28. The number of aromatic nitrogens is 2. The second-order valence-corrected chi connectivity index (χ2v) is 8.13. The highest BCUT2D eigenvalue weighted by molar-refractivity contribution is 7.09. The first-order valence-electron chi connectivity index (χ1n) is 9.40. The smallest absolute Gasteiger partial charge is 0.273 e. The molecule has 8 heteroatoms. The second-order valence-electron chi connectivity index (χ2n) is 7.24. The Morgan fingerprint density at radius 1 is 1.36 bits per heavy atom. The Morgan fingerprint density at radius 3 is 2.82 bits per heavy atom. The molecule has 3 rings (SSSR count). The molecular formula is C20H26N4O3S. The number of carbonyl (C=O) groups is 2. The average molecular weight is 403 g/mol. The lowest BCUT2D eigenvalue weighted by molar-refractivity contribution is -0.130. The van der Waals surface area contributed by atoms with Crippen molar-refractivity contribution in [2.24, 2.45) is 0 Å². The van der Waals surface area contributed by atoms with Crippen molar-refractivity contribution in [2.75, 3.05) is 13.7 Å². The maximum absolute atomic E-state index is 12.7. The molecule has 0 bridgehead atoms. The van der Waals surface area contributed by atoms with E-state index in [1.165, 1.54) is 11.3 Å². The topological polar surface area (TPSA) is 84.4 Å². The minimum absolute atomic E-state index is 0.119. The number of hydrogen-bond acceptors (Lipinski definition) is 6. The molecule has 2 atom stereocenters. The molecule has 0 spiro atoms. The fraction of sp³-hybridized carbons (Fsp3) is 0.500. The van der Waals surface area contributed by atoms with Crippen LogP contribution in [-0.4, -0.2) is 46.4 Å². The molecule has 28 heavy (non-hydrogen) atoms. The molecule has 1 fully saturated rings. The van der Waals surface area contributed by atoms with Gasteiger partial charge in [0, 0.05) is 24.7 Å². The van der Waals surface area contributed by atoms with Gasteiger partial charge >= 0.3 is 0 Å². The molecule has 1 N–H and O–H groups in total. The minimum atomic E-state index is -0.375. The van der Waals surface area contributed by atoms with Crippen molar-refractivity contribution >= 4 is 23.2 Å². The van der Waals surface area contributed by atoms with E-state index in [0.717, 1.165) is 29.8 Å². The standard InChI is InChI=1S/C20H26N4O3S/c1-12-8-13(2)21-15(9-12)10-24(4)20(26)16-11-28-19(23-16)14(3)22-18(25)17-6-5-7-27-17/h8-9,11,14,17H,5-7,10H2,1-4H3,(H,22,25)/t14-,17+/m1/s1. The normalized spacial score (nSPS) is 17.4. The van der Waals surface area contributed by atoms with Crippen LogP contribution >= 0.6 is 11.3 Å². The third-order valence-electron chi connectivity index (χ3n) is 4.59. The largest absolute Gasteiger partial charge is 0.368 e. The molecule has 0 radical (unpaired) electrons. The summed E-state index contributed by atoms with van der Waals surface area (Å²) in [5.74, 6) is -0.285. The van der Waals surface area contributed by atoms with Crippen LogP contribution in [-0.2, 0) is 16.1 Å². The highest BCUT2D eigenvalue weighted by Crippen LogP contribution is 2.21. The van der Waals surface area contributed by atoms with Gasteiger partial charge < -0.3 is 15.0 Å². The molecule has 2 aromatic heterocycles. The third kappa shape index (κ3) is 4.94. The fourth-order valence-electron chi connectivity index (χ4n) is 3.25. The van der Waals surface area contributed by atoms with Crippen molar-refractivity contribution in [2.45, 2.75) is 52.3 Å². The summed E-state index contributed by atoms with van der Waals surface area (Å²) < 4.78 is 5.40. The zero-order valence-corrected chi connectivity index (χ0v) is 17.5. The summed E-state index contributed by atoms with van der Waals surface area (Å²) in [5, 5.41) is 5.36. The molecule has 0 aliphatic carbocycles. The van der Waals surface area contributed by atoms with Crippen molar-refractivity contribution in [1.82, 2.24) is 20.2 Å². The molecule has 150 valence electrons. The number of aryl methyl sites for hydroxylation is 2. The number of amides is 2. The van der Waals surface area contributed by atoms with Gasteiger partial charge in [0.15, 0.2) is 0 Å². The lowest BCUT2D eigenvalue weighted by atomic mass is 10.2. The molecule has 0 aromatic carbocycles. The van der Waals surface area contributed by atoms with Gasteiger partial charge in [0.25, 0.3) is 5.91 Å². The lowest BCUT2D eigenvalue weighted by Gasteiger charge is -2.16. The fourth-order valence-corrected chi connectivity index (χ4v) is 4.05. The Balaban J connectivity index is 1.61. The molecular weight excluding hydrogens is 376 g/mol. The number of rotatable bonds is 6. The number of hydrogen-bond donors (Lipinski definition) is 1. The van der Waals surface area contributed by atoms with Crippen molar-refractivity contribution in [3.05, 3.63) is 45.2 Å². The number of thiazole rings is 1. The summed E-state index contributed by atoms with van der Waals surface area (Å²) in [4.78, 5) is 35.4.